The Morgan fingerprint density at radius 2 is 1.11 bits per heavy atom. The van der Waals surface area contributed by atoms with E-state index < -0.39 is 7.92 Å². The normalized spacial score (nSPS) is 20.6. The summed E-state index contributed by atoms with van der Waals surface area (Å²) in [5, 5.41) is 2.78. The second-order valence-corrected chi connectivity index (χ2v) is 10.3. The smallest absolute Gasteiger partial charge is 0.134 e. The molecule has 136 valence electrons. The Labute approximate surface area is 171 Å². The standard InChI is InChI=1S/C23H19Cl2OP/c24-18-10-6-16(7-11-18)22-14-20(26)15-23(17-8-12-19(25)13-9-17)27(22)21-4-2-1-3-5-21/h1-13,22-23H,14-15H2/t22-,23-/m1/s1. The highest BCUT2D eigenvalue weighted by atomic mass is 35.5. The van der Waals surface area contributed by atoms with Crippen molar-refractivity contribution in [2.45, 2.75) is 24.2 Å². The second kappa shape index (κ2) is 8.15. The number of halogens is 2. The predicted molar refractivity (Wildman–Crippen MR) is 116 cm³/mol. The van der Waals surface area contributed by atoms with Gasteiger partial charge in [0.15, 0.2) is 0 Å². The quantitative estimate of drug-likeness (QED) is 0.425. The van der Waals surface area contributed by atoms with Gasteiger partial charge in [0.05, 0.1) is 0 Å². The predicted octanol–water partition coefficient (Wildman–Crippen LogP) is 6.95. The van der Waals surface area contributed by atoms with E-state index in [1.807, 2.05) is 30.3 Å². The number of carbonyl (C=O) groups excluding carboxylic acids is 1. The molecule has 4 rings (SSSR count). The number of ketones is 1. The van der Waals surface area contributed by atoms with Crippen LogP contribution in [0.25, 0.3) is 0 Å². The molecule has 3 aromatic carbocycles. The highest BCUT2D eigenvalue weighted by Crippen LogP contribution is 2.66. The van der Waals surface area contributed by atoms with Crippen molar-refractivity contribution in [3.05, 3.63) is 100 Å². The van der Waals surface area contributed by atoms with Crippen LogP contribution in [-0.2, 0) is 4.79 Å². The van der Waals surface area contributed by atoms with Gasteiger partial charge >= 0.3 is 0 Å². The maximum atomic E-state index is 12.7. The van der Waals surface area contributed by atoms with Gasteiger partial charge in [-0.15, -0.1) is 0 Å². The lowest BCUT2D eigenvalue weighted by Gasteiger charge is -2.39. The third kappa shape index (κ3) is 4.11. The lowest BCUT2D eigenvalue weighted by atomic mass is 10.0. The van der Waals surface area contributed by atoms with Gasteiger partial charge in [0.25, 0.3) is 0 Å². The van der Waals surface area contributed by atoms with Crippen LogP contribution in [0, 0.1) is 0 Å². The summed E-state index contributed by atoms with van der Waals surface area (Å²) in [5.74, 6) is 0.324. The van der Waals surface area contributed by atoms with Crippen molar-refractivity contribution in [3.63, 3.8) is 0 Å². The summed E-state index contributed by atoms with van der Waals surface area (Å²) in [6, 6.07) is 26.6. The Kier molecular flexibility index (Phi) is 5.64. The largest absolute Gasteiger partial charge is 0.300 e. The molecule has 27 heavy (non-hydrogen) atoms. The molecule has 0 unspecified atom stereocenters. The summed E-state index contributed by atoms with van der Waals surface area (Å²) in [6.07, 6.45) is 1.18. The zero-order chi connectivity index (χ0) is 18.8. The molecule has 0 radical (unpaired) electrons. The minimum atomic E-state index is -0.599. The van der Waals surface area contributed by atoms with Crippen molar-refractivity contribution in [2.24, 2.45) is 0 Å². The fraction of sp³-hybridized carbons (Fsp3) is 0.174. The van der Waals surface area contributed by atoms with Gasteiger partial charge in [-0.2, -0.15) is 0 Å². The van der Waals surface area contributed by atoms with Crippen molar-refractivity contribution >= 4 is 42.2 Å². The molecule has 1 nitrogen and oxygen atoms in total. The highest BCUT2D eigenvalue weighted by Gasteiger charge is 2.39. The summed E-state index contributed by atoms with van der Waals surface area (Å²) >= 11 is 12.2. The molecule has 0 aliphatic carbocycles. The zero-order valence-electron chi connectivity index (χ0n) is 14.7. The van der Waals surface area contributed by atoms with E-state index in [1.165, 1.54) is 16.4 Å². The molecule has 1 saturated heterocycles. The summed E-state index contributed by atoms with van der Waals surface area (Å²) in [7, 11) is -0.599. The van der Waals surface area contributed by atoms with Crippen LogP contribution >= 0.6 is 31.1 Å². The Hall–Kier alpha value is -1.66. The summed E-state index contributed by atoms with van der Waals surface area (Å²) in [6.45, 7) is 0. The number of hydrogen-bond acceptors (Lipinski definition) is 1. The van der Waals surface area contributed by atoms with Crippen molar-refractivity contribution < 1.29 is 4.79 Å². The van der Waals surface area contributed by atoms with Crippen LogP contribution in [-0.4, -0.2) is 5.78 Å². The van der Waals surface area contributed by atoms with E-state index in [0.717, 1.165) is 10.0 Å². The van der Waals surface area contributed by atoms with Gasteiger partial charge in [-0.25, -0.2) is 0 Å². The lowest BCUT2D eigenvalue weighted by Crippen LogP contribution is -2.23. The Morgan fingerprint density at radius 1 is 0.667 bits per heavy atom. The zero-order valence-corrected chi connectivity index (χ0v) is 17.1. The van der Waals surface area contributed by atoms with Gasteiger partial charge in [-0.3, -0.25) is 4.79 Å². The average molecular weight is 413 g/mol. The van der Waals surface area contributed by atoms with Crippen molar-refractivity contribution in [1.29, 1.82) is 0 Å². The van der Waals surface area contributed by atoms with Crippen molar-refractivity contribution in [3.8, 4) is 0 Å². The molecule has 1 aliphatic heterocycles. The molecule has 1 heterocycles. The third-order valence-electron chi connectivity index (χ3n) is 5.08. The SMILES string of the molecule is O=C1C[C@H](c2ccc(Cl)cc2)P(c2ccccc2)[C@@H](c2ccc(Cl)cc2)C1. The topological polar surface area (TPSA) is 17.1 Å². The van der Waals surface area contributed by atoms with E-state index >= 15 is 0 Å². The molecule has 1 aliphatic rings. The first-order valence-electron chi connectivity index (χ1n) is 8.98. The van der Waals surface area contributed by atoms with E-state index in [-0.39, 0.29) is 11.3 Å². The van der Waals surface area contributed by atoms with Crippen LogP contribution in [0.3, 0.4) is 0 Å². The Bertz CT molecular complexity index is 865. The average Bonchev–Trinajstić information content (AvgIpc) is 2.69. The van der Waals surface area contributed by atoms with Gasteiger partial charge in [0, 0.05) is 34.2 Å². The first-order valence-corrected chi connectivity index (χ1v) is 11.2. The minimum Gasteiger partial charge on any atom is -0.300 e. The molecular weight excluding hydrogens is 394 g/mol. The third-order valence-corrected chi connectivity index (χ3v) is 8.78. The van der Waals surface area contributed by atoms with E-state index in [1.54, 1.807) is 0 Å². The van der Waals surface area contributed by atoms with E-state index in [9.17, 15) is 4.79 Å². The minimum absolute atomic E-state index is 0.196. The number of carbonyl (C=O) groups is 1. The molecule has 0 N–H and O–H groups in total. The molecule has 1 fully saturated rings. The molecule has 2 atom stereocenters. The molecule has 0 spiro atoms. The summed E-state index contributed by atoms with van der Waals surface area (Å²) in [4.78, 5) is 12.7. The van der Waals surface area contributed by atoms with E-state index in [4.69, 9.17) is 23.2 Å². The van der Waals surface area contributed by atoms with Gasteiger partial charge in [0.1, 0.15) is 5.78 Å². The van der Waals surface area contributed by atoms with Crippen LogP contribution < -0.4 is 5.30 Å². The fourth-order valence-corrected chi connectivity index (χ4v) is 7.53. The second-order valence-electron chi connectivity index (χ2n) is 6.82. The molecule has 0 saturated carbocycles. The highest BCUT2D eigenvalue weighted by molar-refractivity contribution is 7.66. The van der Waals surface area contributed by atoms with Gasteiger partial charge in [-0.05, 0) is 40.7 Å². The molecule has 0 amide bonds. The maximum Gasteiger partial charge on any atom is 0.134 e. The number of rotatable bonds is 3. The first-order chi connectivity index (χ1) is 13.1. The van der Waals surface area contributed by atoms with Crippen LogP contribution in [0.5, 0.6) is 0 Å². The lowest BCUT2D eigenvalue weighted by molar-refractivity contribution is -0.119. The Morgan fingerprint density at radius 3 is 1.56 bits per heavy atom. The van der Waals surface area contributed by atoms with E-state index in [0.29, 0.717) is 18.6 Å². The number of Topliss-reactive ketones (excluding diaryl/α,β-unsaturated/α-hetero) is 1. The number of benzene rings is 3. The summed E-state index contributed by atoms with van der Waals surface area (Å²) in [5.41, 5.74) is 2.78. The monoisotopic (exact) mass is 412 g/mol. The van der Waals surface area contributed by atoms with Crippen molar-refractivity contribution in [2.75, 3.05) is 0 Å². The van der Waals surface area contributed by atoms with Crippen LogP contribution in [0.1, 0.15) is 35.3 Å². The summed E-state index contributed by atoms with van der Waals surface area (Å²) < 4.78 is 0. The fourth-order valence-electron chi connectivity index (χ4n) is 3.82. The molecule has 4 heteroatoms. The van der Waals surface area contributed by atoms with Crippen molar-refractivity contribution in [1.82, 2.24) is 0 Å². The Balaban J connectivity index is 1.82. The van der Waals surface area contributed by atoms with Crippen LogP contribution in [0.15, 0.2) is 78.9 Å². The van der Waals surface area contributed by atoms with Crippen LogP contribution in [0.4, 0.5) is 0 Å². The first kappa shape index (κ1) is 18.7. The van der Waals surface area contributed by atoms with E-state index in [2.05, 4.69) is 48.5 Å². The van der Waals surface area contributed by atoms with Gasteiger partial charge in [0.2, 0.25) is 0 Å². The van der Waals surface area contributed by atoms with Crippen LogP contribution in [0.2, 0.25) is 10.0 Å². The molecule has 3 aromatic rings. The molecule has 0 aromatic heterocycles. The number of hydrogen-bond donors (Lipinski definition) is 0. The molecule has 0 bridgehead atoms. The maximum absolute atomic E-state index is 12.7. The van der Waals surface area contributed by atoms with Gasteiger partial charge in [-0.1, -0.05) is 85.7 Å². The molecular formula is C23H19Cl2OP. The van der Waals surface area contributed by atoms with Gasteiger partial charge < -0.3 is 0 Å².